The molecule has 8 nitrogen and oxygen atoms in total. The van der Waals surface area contributed by atoms with Crippen molar-refractivity contribution in [2.24, 2.45) is 11.1 Å². The first-order valence-electron chi connectivity index (χ1n) is 14.0. The van der Waals surface area contributed by atoms with Crippen molar-refractivity contribution in [2.45, 2.75) is 52.6 Å². The van der Waals surface area contributed by atoms with Crippen LogP contribution in [0.3, 0.4) is 0 Å². The number of rotatable bonds is 13. The molecule has 4 rings (SSSR count). The van der Waals surface area contributed by atoms with Crippen LogP contribution in [0.4, 0.5) is 4.39 Å². The Labute approximate surface area is 250 Å². The summed E-state index contributed by atoms with van der Waals surface area (Å²) in [7, 11) is 0. The number of nitrogens with zero attached hydrogens (tertiary/aromatic N) is 2. The van der Waals surface area contributed by atoms with Crippen LogP contribution in [0, 0.1) is 16.6 Å². The van der Waals surface area contributed by atoms with Gasteiger partial charge in [-0.05, 0) is 79.6 Å². The van der Waals surface area contributed by atoms with E-state index in [2.05, 4.69) is 41.0 Å². The van der Waals surface area contributed by atoms with Gasteiger partial charge in [-0.15, -0.1) is 6.58 Å². The molecule has 2 heterocycles. The van der Waals surface area contributed by atoms with Gasteiger partial charge >= 0.3 is 5.69 Å². The number of aromatic nitrogens is 3. The second-order valence-corrected chi connectivity index (χ2v) is 11.8. The van der Waals surface area contributed by atoms with Crippen LogP contribution in [0.25, 0.3) is 28.0 Å². The fourth-order valence-corrected chi connectivity index (χ4v) is 4.88. The highest BCUT2D eigenvalue weighted by Crippen LogP contribution is 2.32. The second kappa shape index (κ2) is 13.5. The number of hydrogen-bond acceptors (Lipinski definition) is 5. The normalized spacial score (nSPS) is 12.4. The molecule has 0 amide bonds. The van der Waals surface area contributed by atoms with Crippen LogP contribution in [0.2, 0.25) is 5.02 Å². The van der Waals surface area contributed by atoms with Crippen LogP contribution in [-0.4, -0.2) is 39.5 Å². The summed E-state index contributed by atoms with van der Waals surface area (Å²) in [4.78, 5) is 20.3. The summed E-state index contributed by atoms with van der Waals surface area (Å²) in [6, 6.07) is 13.0. The van der Waals surface area contributed by atoms with Crippen LogP contribution in [0.15, 0.2) is 66.1 Å². The summed E-state index contributed by atoms with van der Waals surface area (Å²) >= 11 is 6.27. The van der Waals surface area contributed by atoms with Crippen molar-refractivity contribution >= 4 is 28.5 Å². The number of halogens is 2. The minimum Gasteiger partial charge on any atom is -0.374 e. The Morgan fingerprint density at radius 1 is 1.26 bits per heavy atom. The van der Waals surface area contributed by atoms with E-state index in [9.17, 15) is 4.79 Å². The highest BCUT2D eigenvalue weighted by atomic mass is 35.5. The highest BCUT2D eigenvalue weighted by Gasteiger charge is 2.19. The third kappa shape index (κ3) is 7.73. The third-order valence-corrected chi connectivity index (χ3v) is 7.72. The van der Waals surface area contributed by atoms with E-state index >= 15 is 4.39 Å². The van der Waals surface area contributed by atoms with E-state index in [1.807, 2.05) is 30.3 Å². The maximum Gasteiger partial charge on any atom is 0.354 e. The van der Waals surface area contributed by atoms with Crippen LogP contribution in [0.5, 0.6) is 0 Å². The predicted octanol–water partition coefficient (Wildman–Crippen LogP) is 5.71. The molecule has 4 aromatic rings. The van der Waals surface area contributed by atoms with Gasteiger partial charge in [-0.2, -0.15) is 4.98 Å². The molecule has 0 saturated carbocycles. The zero-order valence-electron chi connectivity index (χ0n) is 24.4. The molecular weight excluding hydrogens is 553 g/mol. The average molecular weight is 592 g/mol. The molecule has 0 aliphatic carbocycles. The first kappa shape index (κ1) is 31.2. The summed E-state index contributed by atoms with van der Waals surface area (Å²) in [6.45, 7) is 11.7. The van der Waals surface area contributed by atoms with Crippen LogP contribution >= 0.6 is 11.6 Å². The molecule has 6 N–H and O–H groups in total. The molecule has 1 unspecified atom stereocenters. The number of nitrogens with two attached hydrogens (primary N) is 1. The van der Waals surface area contributed by atoms with Gasteiger partial charge in [0.1, 0.15) is 5.65 Å². The molecule has 0 radical (unpaired) electrons. The van der Waals surface area contributed by atoms with Gasteiger partial charge in [0.25, 0.3) is 0 Å². The number of fused-ring (bicyclic) bond motifs is 1. The van der Waals surface area contributed by atoms with E-state index in [1.165, 1.54) is 4.57 Å². The van der Waals surface area contributed by atoms with Gasteiger partial charge in [-0.1, -0.05) is 43.7 Å². The maximum atomic E-state index is 15.1. The fourth-order valence-electron chi connectivity index (χ4n) is 4.64. The zero-order valence-corrected chi connectivity index (χ0v) is 25.1. The molecule has 0 aliphatic rings. The van der Waals surface area contributed by atoms with Gasteiger partial charge in [0.2, 0.25) is 0 Å². The summed E-state index contributed by atoms with van der Waals surface area (Å²) in [5, 5.41) is 14.6. The van der Waals surface area contributed by atoms with Gasteiger partial charge < -0.3 is 21.4 Å². The molecule has 1 atom stereocenters. The van der Waals surface area contributed by atoms with Crippen molar-refractivity contribution in [3.05, 3.63) is 93.8 Å². The third-order valence-electron chi connectivity index (χ3n) is 7.44. The number of H-pyrrole nitrogens is 1. The van der Waals surface area contributed by atoms with E-state index in [1.54, 1.807) is 31.3 Å². The van der Waals surface area contributed by atoms with E-state index in [0.717, 1.165) is 24.0 Å². The minimum absolute atomic E-state index is 0.0363. The van der Waals surface area contributed by atoms with Gasteiger partial charge in [-0.3, -0.25) is 9.98 Å². The molecular formula is C32H39ClFN7O. The fraction of sp³-hybridized carbons (Fsp3) is 0.344. The largest absolute Gasteiger partial charge is 0.374 e. The molecule has 0 fully saturated rings. The zero-order chi connectivity index (χ0) is 30.4. The summed E-state index contributed by atoms with van der Waals surface area (Å²) in [5.41, 5.74) is 9.23. The molecule has 222 valence electrons. The summed E-state index contributed by atoms with van der Waals surface area (Å²) < 4.78 is 16.6. The number of aromatic amines is 1. The smallest absolute Gasteiger partial charge is 0.354 e. The standard InChI is InChI=1S/C32H39ClFN7O/c1-5-24(11-13-37-20(2)36)38-17-21-6-8-25(9-7-21)41-18-23-16-28(39-30(23)40-31(41)42)26-14-22(15-27(33)29(26)34)10-12-32(3,4)19-35/h5-9,14-16,18,24,38H,1,10-13,17,19,35H2,2-4H3,(H2,36,37)(H,39,40,42). The molecule has 2 aromatic carbocycles. The van der Waals surface area contributed by atoms with Crippen LogP contribution in [0.1, 0.15) is 44.7 Å². The lowest BCUT2D eigenvalue weighted by atomic mass is 9.86. The summed E-state index contributed by atoms with van der Waals surface area (Å²) in [5.74, 6) is -0.0829. The molecule has 0 saturated heterocycles. The predicted molar refractivity (Wildman–Crippen MR) is 170 cm³/mol. The SMILES string of the molecule is C=CC(CCNC(C)=N)NCc1ccc(-n2cc3cc(-c4cc(CCC(C)(C)CN)cc(Cl)c4F)[nH]c3nc2=O)cc1. The molecule has 10 heteroatoms. The highest BCUT2D eigenvalue weighted by molar-refractivity contribution is 6.31. The number of aryl methyl sites for hydroxylation is 1. The Balaban J connectivity index is 1.53. The Morgan fingerprint density at radius 2 is 2.00 bits per heavy atom. The van der Waals surface area contributed by atoms with Crippen molar-refractivity contribution in [2.75, 3.05) is 13.1 Å². The molecule has 0 bridgehead atoms. The number of benzene rings is 2. The lowest BCUT2D eigenvalue weighted by molar-refractivity contribution is 0.348. The van der Waals surface area contributed by atoms with Gasteiger partial charge in [0.05, 0.1) is 22.2 Å². The first-order chi connectivity index (χ1) is 20.0. The van der Waals surface area contributed by atoms with E-state index in [0.29, 0.717) is 59.9 Å². The van der Waals surface area contributed by atoms with Crippen LogP contribution < -0.4 is 22.1 Å². The monoisotopic (exact) mass is 591 g/mol. The van der Waals surface area contributed by atoms with E-state index in [-0.39, 0.29) is 16.5 Å². The minimum atomic E-state index is -0.524. The van der Waals surface area contributed by atoms with E-state index in [4.69, 9.17) is 22.7 Å². The van der Waals surface area contributed by atoms with Gasteiger partial charge in [0, 0.05) is 36.3 Å². The van der Waals surface area contributed by atoms with Crippen molar-refractivity contribution in [1.82, 2.24) is 25.2 Å². The van der Waals surface area contributed by atoms with Crippen molar-refractivity contribution in [3.63, 3.8) is 0 Å². The van der Waals surface area contributed by atoms with Crippen molar-refractivity contribution < 1.29 is 4.39 Å². The quantitative estimate of drug-likeness (QED) is 0.0773. The summed E-state index contributed by atoms with van der Waals surface area (Å²) in [6.07, 6.45) is 5.92. The number of amidine groups is 1. The molecule has 0 spiro atoms. The molecule has 2 aromatic heterocycles. The average Bonchev–Trinajstić information content (AvgIpc) is 3.37. The van der Waals surface area contributed by atoms with Gasteiger partial charge in [-0.25, -0.2) is 9.18 Å². The Kier molecular flexibility index (Phi) is 9.98. The van der Waals surface area contributed by atoms with Gasteiger partial charge in [0.15, 0.2) is 5.82 Å². The Morgan fingerprint density at radius 3 is 2.67 bits per heavy atom. The first-order valence-corrected chi connectivity index (χ1v) is 14.4. The number of hydrogen-bond donors (Lipinski definition) is 5. The van der Waals surface area contributed by atoms with E-state index < -0.39 is 11.5 Å². The Bertz CT molecular complexity index is 1620. The molecule has 42 heavy (non-hydrogen) atoms. The number of nitrogens with one attached hydrogen (secondary N) is 4. The Hall–Kier alpha value is -3.79. The van der Waals surface area contributed by atoms with Crippen molar-refractivity contribution in [3.8, 4) is 16.9 Å². The molecule has 0 aliphatic heterocycles. The maximum absolute atomic E-state index is 15.1. The van der Waals surface area contributed by atoms with Crippen molar-refractivity contribution in [1.29, 1.82) is 5.41 Å². The topological polar surface area (TPSA) is 125 Å². The lowest BCUT2D eigenvalue weighted by Crippen LogP contribution is -2.31. The van der Waals surface area contributed by atoms with Crippen LogP contribution in [-0.2, 0) is 13.0 Å². The second-order valence-electron chi connectivity index (χ2n) is 11.4. The lowest BCUT2D eigenvalue weighted by Gasteiger charge is -2.22.